The number of nitrogens with zero attached hydrogens (tertiary/aromatic N) is 2. The first-order chi connectivity index (χ1) is 8.97. The number of rotatable bonds is 4. The molecule has 2 rings (SSSR count). The van der Waals surface area contributed by atoms with Gasteiger partial charge >= 0.3 is 0 Å². The zero-order valence-electron chi connectivity index (χ0n) is 12.2. The van der Waals surface area contributed by atoms with Gasteiger partial charge in [0.05, 0.1) is 6.54 Å². The first-order valence-corrected chi connectivity index (χ1v) is 7.28. The Bertz CT molecular complexity index is 349. The molecule has 5 heteroatoms. The first-order valence-electron chi connectivity index (χ1n) is 7.28. The summed E-state index contributed by atoms with van der Waals surface area (Å²) in [7, 11) is 0. The van der Waals surface area contributed by atoms with Crippen LogP contribution in [-0.2, 0) is 9.59 Å². The van der Waals surface area contributed by atoms with Gasteiger partial charge in [-0.15, -0.1) is 0 Å². The molecule has 0 spiro atoms. The lowest BCUT2D eigenvalue weighted by molar-refractivity contribution is -0.134. The highest BCUT2D eigenvalue weighted by atomic mass is 16.2. The molecule has 1 aliphatic carbocycles. The Balaban J connectivity index is 1.70. The number of piperazine rings is 1. The molecule has 0 bridgehead atoms. The van der Waals surface area contributed by atoms with Gasteiger partial charge in [-0.05, 0) is 26.2 Å². The summed E-state index contributed by atoms with van der Waals surface area (Å²) in [4.78, 5) is 27.8. The summed E-state index contributed by atoms with van der Waals surface area (Å²) in [6.07, 6.45) is 1.05. The van der Waals surface area contributed by atoms with E-state index >= 15 is 0 Å². The van der Waals surface area contributed by atoms with Gasteiger partial charge in [0.1, 0.15) is 0 Å². The van der Waals surface area contributed by atoms with Crippen LogP contribution in [0, 0.1) is 11.8 Å². The van der Waals surface area contributed by atoms with Crippen molar-refractivity contribution in [2.24, 2.45) is 11.8 Å². The third-order valence-electron chi connectivity index (χ3n) is 3.93. The minimum absolute atomic E-state index is 0.0746. The molecule has 2 atom stereocenters. The molecule has 1 saturated heterocycles. The van der Waals surface area contributed by atoms with E-state index in [9.17, 15) is 9.59 Å². The highest BCUT2D eigenvalue weighted by Crippen LogP contribution is 2.39. The van der Waals surface area contributed by atoms with Crippen molar-refractivity contribution in [3.63, 3.8) is 0 Å². The van der Waals surface area contributed by atoms with E-state index in [0.717, 1.165) is 32.6 Å². The van der Waals surface area contributed by atoms with Gasteiger partial charge in [0.2, 0.25) is 11.8 Å². The lowest BCUT2D eigenvalue weighted by Gasteiger charge is -2.34. The average Bonchev–Trinajstić information content (AvgIpc) is 3.05. The summed E-state index contributed by atoms with van der Waals surface area (Å²) in [5.74, 6) is 1.24. The van der Waals surface area contributed by atoms with E-state index in [4.69, 9.17) is 0 Å². The van der Waals surface area contributed by atoms with Crippen LogP contribution in [0.4, 0.5) is 0 Å². The molecule has 5 nitrogen and oxygen atoms in total. The molecule has 1 N–H and O–H groups in total. The lowest BCUT2D eigenvalue weighted by Crippen LogP contribution is -2.52. The molecule has 2 amide bonds. The second kappa shape index (κ2) is 5.90. The third-order valence-corrected chi connectivity index (χ3v) is 3.93. The summed E-state index contributed by atoms with van der Waals surface area (Å²) in [6, 6.07) is 0.187. The maximum absolute atomic E-state index is 12.1. The predicted octanol–water partition coefficient (Wildman–Crippen LogP) is 0.311. The zero-order valence-corrected chi connectivity index (χ0v) is 12.2. The second-order valence-corrected chi connectivity index (χ2v) is 6.14. The summed E-state index contributed by atoms with van der Waals surface area (Å²) in [5, 5.41) is 2.90. The maximum Gasteiger partial charge on any atom is 0.234 e. The summed E-state index contributed by atoms with van der Waals surface area (Å²) >= 11 is 0. The maximum atomic E-state index is 12.1. The number of amides is 2. The molecule has 108 valence electrons. The number of nitrogens with one attached hydrogen (secondary N) is 1. The van der Waals surface area contributed by atoms with E-state index in [-0.39, 0.29) is 17.9 Å². The minimum Gasteiger partial charge on any atom is -0.353 e. The molecule has 2 aliphatic rings. The molecule has 19 heavy (non-hydrogen) atoms. The van der Waals surface area contributed by atoms with E-state index in [1.807, 2.05) is 18.7 Å². The van der Waals surface area contributed by atoms with Crippen LogP contribution in [0.15, 0.2) is 0 Å². The van der Waals surface area contributed by atoms with E-state index in [0.29, 0.717) is 18.4 Å². The molecular formula is C14H25N3O2. The molecule has 0 aromatic carbocycles. The van der Waals surface area contributed by atoms with Crippen molar-refractivity contribution in [3.8, 4) is 0 Å². The average molecular weight is 267 g/mol. The summed E-state index contributed by atoms with van der Waals surface area (Å²) in [6.45, 7) is 9.64. The van der Waals surface area contributed by atoms with Crippen molar-refractivity contribution in [2.45, 2.75) is 33.2 Å². The van der Waals surface area contributed by atoms with E-state index < -0.39 is 0 Å². The Morgan fingerprint density at radius 3 is 2.26 bits per heavy atom. The Morgan fingerprint density at radius 1 is 1.21 bits per heavy atom. The van der Waals surface area contributed by atoms with Crippen molar-refractivity contribution in [2.75, 3.05) is 32.7 Å². The van der Waals surface area contributed by atoms with Gasteiger partial charge in [0.25, 0.3) is 0 Å². The monoisotopic (exact) mass is 267 g/mol. The molecular weight excluding hydrogens is 242 g/mol. The minimum atomic E-state index is 0.0746. The van der Waals surface area contributed by atoms with Gasteiger partial charge in [0, 0.05) is 38.1 Å². The quantitative estimate of drug-likeness (QED) is 0.797. The zero-order chi connectivity index (χ0) is 14.0. The van der Waals surface area contributed by atoms with E-state index in [1.165, 1.54) is 0 Å². The Labute approximate surface area is 115 Å². The summed E-state index contributed by atoms with van der Waals surface area (Å²) < 4.78 is 0. The number of carbonyl (C=O) groups is 2. The second-order valence-electron chi connectivity index (χ2n) is 6.14. The number of hydrogen-bond donors (Lipinski definition) is 1. The molecule has 2 fully saturated rings. The van der Waals surface area contributed by atoms with Crippen molar-refractivity contribution >= 4 is 11.8 Å². The van der Waals surface area contributed by atoms with Crippen LogP contribution < -0.4 is 5.32 Å². The Hall–Kier alpha value is -1.10. The van der Waals surface area contributed by atoms with Crippen LogP contribution >= 0.6 is 0 Å². The van der Waals surface area contributed by atoms with Crippen LogP contribution in [0.1, 0.15) is 27.2 Å². The van der Waals surface area contributed by atoms with Crippen LogP contribution in [-0.4, -0.2) is 60.4 Å². The molecule has 0 aromatic heterocycles. The molecule has 0 radical (unpaired) electrons. The van der Waals surface area contributed by atoms with Gasteiger partial charge in [-0.1, -0.05) is 6.92 Å². The van der Waals surface area contributed by atoms with Crippen LogP contribution in [0.5, 0.6) is 0 Å². The molecule has 0 aromatic rings. The van der Waals surface area contributed by atoms with Crippen LogP contribution in [0.25, 0.3) is 0 Å². The Kier molecular flexibility index (Phi) is 4.45. The van der Waals surface area contributed by atoms with Gasteiger partial charge in [-0.25, -0.2) is 0 Å². The van der Waals surface area contributed by atoms with Gasteiger partial charge in [-0.2, -0.15) is 0 Å². The van der Waals surface area contributed by atoms with E-state index in [1.54, 1.807) is 0 Å². The van der Waals surface area contributed by atoms with Crippen molar-refractivity contribution in [1.29, 1.82) is 0 Å². The fourth-order valence-corrected chi connectivity index (χ4v) is 2.60. The third kappa shape index (κ3) is 3.93. The predicted molar refractivity (Wildman–Crippen MR) is 73.6 cm³/mol. The van der Waals surface area contributed by atoms with Crippen molar-refractivity contribution in [1.82, 2.24) is 15.1 Å². The van der Waals surface area contributed by atoms with Crippen molar-refractivity contribution in [3.05, 3.63) is 0 Å². The van der Waals surface area contributed by atoms with Gasteiger partial charge < -0.3 is 10.2 Å². The Morgan fingerprint density at radius 2 is 1.79 bits per heavy atom. The SMILES string of the molecule is CC(C)NC(=O)CN1CCN(C(=O)[C@@H]2C[C@@H]2C)CC1. The van der Waals surface area contributed by atoms with Crippen molar-refractivity contribution < 1.29 is 9.59 Å². The lowest BCUT2D eigenvalue weighted by atomic mass is 10.2. The topological polar surface area (TPSA) is 52.7 Å². The van der Waals surface area contributed by atoms with Crippen LogP contribution in [0.3, 0.4) is 0 Å². The number of hydrogen-bond acceptors (Lipinski definition) is 3. The molecule has 1 saturated carbocycles. The fraction of sp³-hybridized carbons (Fsp3) is 0.857. The smallest absolute Gasteiger partial charge is 0.234 e. The molecule has 0 unspecified atom stereocenters. The normalized spacial score (nSPS) is 27.5. The summed E-state index contributed by atoms with van der Waals surface area (Å²) in [5.41, 5.74) is 0. The number of carbonyl (C=O) groups excluding carboxylic acids is 2. The highest BCUT2D eigenvalue weighted by molar-refractivity contribution is 5.82. The standard InChI is InChI=1S/C14H25N3O2/c1-10(2)15-13(18)9-16-4-6-17(7-5-16)14(19)12-8-11(12)3/h10-12H,4-9H2,1-3H3,(H,15,18)/t11-,12+/m0/s1. The van der Waals surface area contributed by atoms with E-state index in [2.05, 4.69) is 17.1 Å². The molecule has 1 aliphatic heterocycles. The van der Waals surface area contributed by atoms with Crippen LogP contribution in [0.2, 0.25) is 0 Å². The first kappa shape index (κ1) is 14.3. The highest BCUT2D eigenvalue weighted by Gasteiger charge is 2.41. The van der Waals surface area contributed by atoms with Gasteiger partial charge in [0.15, 0.2) is 0 Å². The largest absolute Gasteiger partial charge is 0.353 e. The fourth-order valence-electron chi connectivity index (χ4n) is 2.60. The van der Waals surface area contributed by atoms with Gasteiger partial charge in [-0.3, -0.25) is 14.5 Å². The molecule has 1 heterocycles.